The molecule has 0 aliphatic heterocycles. The molecule has 5 nitrogen and oxygen atoms in total. The average molecular weight is 368 g/mol. The SMILES string of the molecule is Cc1c(C(=O)O)sc2nc(/C=C/c3ccc(C(C)(C)C)cc3)[nH]c(=O)c12. The lowest BCUT2D eigenvalue weighted by molar-refractivity contribution is 0.0701. The molecule has 6 heteroatoms. The van der Waals surface area contributed by atoms with Gasteiger partial charge in [0.25, 0.3) is 5.56 Å². The van der Waals surface area contributed by atoms with E-state index in [0.717, 1.165) is 16.9 Å². The molecule has 0 bridgehead atoms. The number of nitrogens with one attached hydrogen (secondary N) is 1. The zero-order chi connectivity index (χ0) is 19.1. The number of nitrogens with zero attached hydrogens (tertiary/aromatic N) is 1. The highest BCUT2D eigenvalue weighted by Crippen LogP contribution is 2.27. The van der Waals surface area contributed by atoms with E-state index in [1.165, 1.54) is 5.56 Å². The molecule has 0 atom stereocenters. The molecule has 3 rings (SSSR count). The Kier molecular flexibility index (Phi) is 4.54. The van der Waals surface area contributed by atoms with Gasteiger partial charge in [0, 0.05) is 0 Å². The second-order valence-corrected chi connectivity index (χ2v) is 8.20. The summed E-state index contributed by atoms with van der Waals surface area (Å²) < 4.78 is 0. The number of aromatic nitrogens is 2. The van der Waals surface area contributed by atoms with Crippen LogP contribution in [-0.2, 0) is 5.41 Å². The largest absolute Gasteiger partial charge is 0.477 e. The summed E-state index contributed by atoms with van der Waals surface area (Å²) in [6.45, 7) is 8.12. The fraction of sp³-hybridized carbons (Fsp3) is 0.250. The summed E-state index contributed by atoms with van der Waals surface area (Å²) in [4.78, 5) is 31.2. The molecule has 0 spiro atoms. The lowest BCUT2D eigenvalue weighted by atomic mass is 9.87. The van der Waals surface area contributed by atoms with Crippen LogP contribution in [0.4, 0.5) is 0 Å². The van der Waals surface area contributed by atoms with E-state index in [0.29, 0.717) is 21.6 Å². The molecule has 1 aromatic carbocycles. The van der Waals surface area contributed by atoms with Crippen molar-refractivity contribution in [3.05, 3.63) is 62.0 Å². The standard InChI is InChI=1S/C20H20N2O3S/c1-11-15-17(23)21-14(22-18(15)26-16(11)19(24)25)10-7-12-5-8-13(9-6-12)20(2,3)4/h5-10H,1-4H3,(H,24,25)(H,21,22,23)/b10-7+. The first-order valence-electron chi connectivity index (χ1n) is 8.22. The number of fused-ring (bicyclic) bond motifs is 1. The van der Waals surface area contributed by atoms with Gasteiger partial charge < -0.3 is 10.1 Å². The summed E-state index contributed by atoms with van der Waals surface area (Å²) in [6.07, 6.45) is 3.59. The predicted octanol–water partition coefficient (Wildman–Crippen LogP) is 4.46. The van der Waals surface area contributed by atoms with Crippen LogP contribution in [0.5, 0.6) is 0 Å². The molecule has 0 radical (unpaired) electrons. The Bertz CT molecular complexity index is 1070. The minimum absolute atomic E-state index is 0.0962. The molecule has 26 heavy (non-hydrogen) atoms. The molecule has 0 fully saturated rings. The minimum atomic E-state index is -1.04. The van der Waals surface area contributed by atoms with Gasteiger partial charge in [0.05, 0.1) is 5.39 Å². The number of hydrogen-bond acceptors (Lipinski definition) is 4. The Morgan fingerprint density at radius 2 is 1.85 bits per heavy atom. The number of carboxylic acid groups (broad SMARTS) is 1. The predicted molar refractivity (Wildman–Crippen MR) is 106 cm³/mol. The van der Waals surface area contributed by atoms with Crippen molar-refractivity contribution in [2.75, 3.05) is 0 Å². The number of aryl methyl sites for hydroxylation is 1. The number of aromatic carboxylic acids is 1. The lowest BCUT2D eigenvalue weighted by Gasteiger charge is -2.18. The summed E-state index contributed by atoms with van der Waals surface area (Å²) in [5, 5.41) is 9.56. The van der Waals surface area contributed by atoms with Gasteiger partial charge in [-0.2, -0.15) is 0 Å². The van der Waals surface area contributed by atoms with Gasteiger partial charge in [-0.1, -0.05) is 51.1 Å². The summed E-state index contributed by atoms with van der Waals surface area (Å²) >= 11 is 1.02. The third-order valence-corrected chi connectivity index (χ3v) is 5.40. The molecule has 0 aliphatic rings. The molecule has 0 saturated heterocycles. The molecule has 0 unspecified atom stereocenters. The molecule has 2 heterocycles. The van der Waals surface area contributed by atoms with Gasteiger partial charge in [-0.3, -0.25) is 4.79 Å². The van der Waals surface area contributed by atoms with Gasteiger partial charge in [0.1, 0.15) is 15.5 Å². The van der Waals surface area contributed by atoms with Crippen LogP contribution in [0.3, 0.4) is 0 Å². The van der Waals surface area contributed by atoms with Crippen LogP contribution >= 0.6 is 11.3 Å². The Hall–Kier alpha value is -2.73. The molecule has 2 N–H and O–H groups in total. The van der Waals surface area contributed by atoms with Gasteiger partial charge in [-0.15, -0.1) is 11.3 Å². The highest BCUT2D eigenvalue weighted by Gasteiger charge is 2.18. The maximum atomic E-state index is 12.3. The van der Waals surface area contributed by atoms with E-state index in [9.17, 15) is 14.7 Å². The van der Waals surface area contributed by atoms with Crippen LogP contribution < -0.4 is 5.56 Å². The Morgan fingerprint density at radius 1 is 1.19 bits per heavy atom. The molecule has 3 aromatic rings. The van der Waals surface area contributed by atoms with E-state index in [4.69, 9.17) is 0 Å². The quantitative estimate of drug-likeness (QED) is 0.715. The fourth-order valence-electron chi connectivity index (χ4n) is 2.71. The number of carbonyl (C=O) groups is 1. The second kappa shape index (κ2) is 6.53. The maximum absolute atomic E-state index is 12.3. The van der Waals surface area contributed by atoms with E-state index in [1.807, 2.05) is 18.2 Å². The van der Waals surface area contributed by atoms with Gasteiger partial charge in [-0.05, 0) is 35.1 Å². The topological polar surface area (TPSA) is 83.0 Å². The molecule has 0 saturated carbocycles. The monoisotopic (exact) mass is 368 g/mol. The van der Waals surface area contributed by atoms with Crippen LogP contribution in [0, 0.1) is 6.92 Å². The smallest absolute Gasteiger partial charge is 0.346 e. The number of benzene rings is 1. The summed E-state index contributed by atoms with van der Waals surface area (Å²) in [5.41, 5.74) is 2.48. The van der Waals surface area contributed by atoms with E-state index < -0.39 is 5.97 Å². The number of H-pyrrole nitrogens is 1. The van der Waals surface area contributed by atoms with Gasteiger partial charge in [-0.25, -0.2) is 9.78 Å². The highest BCUT2D eigenvalue weighted by molar-refractivity contribution is 7.20. The van der Waals surface area contributed by atoms with Crippen molar-refractivity contribution in [2.24, 2.45) is 0 Å². The lowest BCUT2D eigenvalue weighted by Crippen LogP contribution is -2.10. The Labute approximate surface area is 155 Å². The van der Waals surface area contributed by atoms with Crippen molar-refractivity contribution in [1.82, 2.24) is 9.97 Å². The van der Waals surface area contributed by atoms with Gasteiger partial charge in [0.2, 0.25) is 0 Å². The third kappa shape index (κ3) is 3.46. The number of aromatic amines is 1. The summed E-state index contributed by atoms with van der Waals surface area (Å²) in [6, 6.07) is 8.21. The van der Waals surface area contributed by atoms with Crippen molar-refractivity contribution in [3.8, 4) is 0 Å². The van der Waals surface area contributed by atoms with E-state index in [-0.39, 0.29) is 15.9 Å². The van der Waals surface area contributed by atoms with Crippen LogP contribution in [-0.4, -0.2) is 21.0 Å². The second-order valence-electron chi connectivity index (χ2n) is 7.20. The van der Waals surface area contributed by atoms with Crippen LogP contribution in [0.15, 0.2) is 29.1 Å². The zero-order valence-electron chi connectivity index (χ0n) is 15.1. The van der Waals surface area contributed by atoms with Crippen molar-refractivity contribution in [2.45, 2.75) is 33.1 Å². The first-order valence-corrected chi connectivity index (χ1v) is 9.04. The molecule has 0 amide bonds. The van der Waals surface area contributed by atoms with Crippen molar-refractivity contribution < 1.29 is 9.90 Å². The Balaban J connectivity index is 1.95. The zero-order valence-corrected chi connectivity index (χ0v) is 15.9. The first kappa shape index (κ1) is 18.1. The Morgan fingerprint density at radius 3 is 2.42 bits per heavy atom. The molecular formula is C20H20N2O3S. The molecule has 2 aromatic heterocycles. The van der Waals surface area contributed by atoms with Crippen LogP contribution in [0.2, 0.25) is 0 Å². The van der Waals surface area contributed by atoms with E-state index >= 15 is 0 Å². The maximum Gasteiger partial charge on any atom is 0.346 e. The van der Waals surface area contributed by atoms with Crippen molar-refractivity contribution >= 4 is 39.7 Å². The van der Waals surface area contributed by atoms with Gasteiger partial charge >= 0.3 is 5.97 Å². The molecule has 134 valence electrons. The number of rotatable bonds is 3. The normalized spacial score (nSPS) is 12.2. The third-order valence-electron chi connectivity index (χ3n) is 4.22. The molecular weight excluding hydrogens is 348 g/mol. The first-order chi connectivity index (χ1) is 12.2. The number of thiophene rings is 1. The van der Waals surface area contributed by atoms with E-state index in [1.54, 1.807) is 13.0 Å². The van der Waals surface area contributed by atoms with Gasteiger partial charge in [0.15, 0.2) is 0 Å². The minimum Gasteiger partial charge on any atom is -0.477 e. The highest BCUT2D eigenvalue weighted by atomic mass is 32.1. The number of hydrogen-bond donors (Lipinski definition) is 2. The van der Waals surface area contributed by atoms with Crippen molar-refractivity contribution in [3.63, 3.8) is 0 Å². The number of carboxylic acids is 1. The van der Waals surface area contributed by atoms with Crippen LogP contribution in [0.25, 0.3) is 22.4 Å². The average Bonchev–Trinajstić information content (AvgIpc) is 2.90. The summed E-state index contributed by atoms with van der Waals surface area (Å²) in [5.74, 6) is -0.637. The summed E-state index contributed by atoms with van der Waals surface area (Å²) in [7, 11) is 0. The molecule has 0 aliphatic carbocycles. The van der Waals surface area contributed by atoms with E-state index in [2.05, 4.69) is 42.9 Å². The van der Waals surface area contributed by atoms with Crippen molar-refractivity contribution in [1.29, 1.82) is 0 Å². The fourth-order valence-corrected chi connectivity index (χ4v) is 3.74. The van der Waals surface area contributed by atoms with Crippen LogP contribution in [0.1, 0.15) is 53.0 Å².